The van der Waals surface area contributed by atoms with Crippen LogP contribution in [0, 0.1) is 25.7 Å². The lowest BCUT2D eigenvalue weighted by Crippen LogP contribution is -2.44. The lowest BCUT2D eigenvalue weighted by atomic mass is 9.94. The van der Waals surface area contributed by atoms with E-state index < -0.39 is 12.4 Å². The first-order valence-corrected chi connectivity index (χ1v) is 8.97. The quantitative estimate of drug-likeness (QED) is 0.776. The summed E-state index contributed by atoms with van der Waals surface area (Å²) in [5.41, 5.74) is 3.25. The molecule has 4 unspecified atom stereocenters. The molecule has 25 heavy (non-hydrogen) atoms. The molecule has 0 N–H and O–H groups in total. The van der Waals surface area contributed by atoms with Crippen molar-refractivity contribution in [2.24, 2.45) is 11.8 Å². The molecule has 1 aliphatic rings. The van der Waals surface area contributed by atoms with Gasteiger partial charge in [-0.2, -0.15) is 0 Å². The van der Waals surface area contributed by atoms with E-state index in [0.717, 1.165) is 16.7 Å². The Bertz CT molecular complexity index is 622. The monoisotopic (exact) mass is 347 g/mol. The first kappa shape index (κ1) is 19.3. The van der Waals surface area contributed by atoms with Gasteiger partial charge in [-0.3, -0.25) is 4.79 Å². The van der Waals surface area contributed by atoms with E-state index in [1.807, 2.05) is 45.9 Å². The smallest absolute Gasteiger partial charge is 0.435 e. The Kier molecular flexibility index (Phi) is 6.09. The molecular formula is C20H29NO4. The van der Waals surface area contributed by atoms with Crippen LogP contribution < -0.4 is 0 Å². The molecule has 0 spiro atoms. The highest BCUT2D eigenvalue weighted by molar-refractivity contribution is 5.80. The van der Waals surface area contributed by atoms with Crippen molar-refractivity contribution in [3.05, 3.63) is 34.9 Å². The van der Waals surface area contributed by atoms with Crippen molar-refractivity contribution < 1.29 is 19.1 Å². The van der Waals surface area contributed by atoms with Gasteiger partial charge in [-0.1, -0.05) is 32.0 Å². The summed E-state index contributed by atoms with van der Waals surface area (Å²) in [6.07, 6.45) is -0.989. The van der Waals surface area contributed by atoms with Gasteiger partial charge < -0.3 is 14.4 Å². The number of benzene rings is 1. The van der Waals surface area contributed by atoms with Crippen molar-refractivity contribution in [1.82, 2.24) is 4.90 Å². The summed E-state index contributed by atoms with van der Waals surface area (Å²) >= 11 is 0. The van der Waals surface area contributed by atoms with Crippen molar-refractivity contribution in [2.75, 3.05) is 6.61 Å². The van der Waals surface area contributed by atoms with E-state index in [2.05, 4.69) is 6.92 Å². The second kappa shape index (κ2) is 7.89. The van der Waals surface area contributed by atoms with E-state index in [1.54, 1.807) is 11.8 Å². The number of likely N-dealkylation sites (tertiary alicyclic amines) is 1. The van der Waals surface area contributed by atoms with Crippen LogP contribution in [0.25, 0.3) is 0 Å². The molecule has 1 aromatic carbocycles. The molecule has 0 saturated carbocycles. The number of hydrogen-bond acceptors (Lipinski definition) is 4. The first-order chi connectivity index (χ1) is 11.8. The average Bonchev–Trinajstić information content (AvgIpc) is 2.75. The van der Waals surface area contributed by atoms with Crippen molar-refractivity contribution >= 4 is 12.1 Å². The van der Waals surface area contributed by atoms with Gasteiger partial charge in [0.1, 0.15) is 0 Å². The van der Waals surface area contributed by atoms with Gasteiger partial charge in [-0.15, -0.1) is 0 Å². The molecule has 0 aromatic heterocycles. The summed E-state index contributed by atoms with van der Waals surface area (Å²) < 4.78 is 10.4. The van der Waals surface area contributed by atoms with Crippen LogP contribution in [0.4, 0.5) is 4.79 Å². The minimum Gasteiger partial charge on any atom is -0.435 e. The fraction of sp³-hybridized carbons (Fsp3) is 0.600. The maximum atomic E-state index is 13.1. The first-order valence-electron chi connectivity index (χ1n) is 8.97. The normalized spacial score (nSPS) is 25.8. The number of carbonyl (C=O) groups is 2. The Balaban J connectivity index is 2.23. The minimum atomic E-state index is -0.717. The van der Waals surface area contributed by atoms with Crippen LogP contribution in [0.2, 0.25) is 0 Å². The van der Waals surface area contributed by atoms with Gasteiger partial charge in [-0.05, 0) is 50.3 Å². The predicted molar refractivity (Wildman–Crippen MR) is 96.2 cm³/mol. The maximum absolute atomic E-state index is 13.1. The second-order valence-corrected chi connectivity index (χ2v) is 7.00. The van der Waals surface area contributed by atoms with Crippen LogP contribution in [0.3, 0.4) is 0 Å². The van der Waals surface area contributed by atoms with Gasteiger partial charge in [0.05, 0.1) is 13.0 Å². The Morgan fingerprint density at radius 2 is 1.68 bits per heavy atom. The van der Waals surface area contributed by atoms with Crippen molar-refractivity contribution in [3.8, 4) is 0 Å². The molecule has 0 radical (unpaired) electrons. The van der Waals surface area contributed by atoms with Crippen LogP contribution in [0.1, 0.15) is 44.4 Å². The van der Waals surface area contributed by atoms with E-state index in [1.165, 1.54) is 0 Å². The summed E-state index contributed by atoms with van der Waals surface area (Å²) in [5.74, 6) is 0.276. The van der Waals surface area contributed by atoms with Gasteiger partial charge in [0.25, 0.3) is 0 Å². The van der Waals surface area contributed by atoms with Gasteiger partial charge in [0, 0.05) is 12.0 Å². The second-order valence-electron chi connectivity index (χ2n) is 7.00. The summed E-state index contributed by atoms with van der Waals surface area (Å²) in [4.78, 5) is 26.6. The zero-order valence-electron chi connectivity index (χ0n) is 16.0. The van der Waals surface area contributed by atoms with Gasteiger partial charge in [-0.25, -0.2) is 4.79 Å². The largest absolute Gasteiger partial charge is 0.510 e. The molecule has 0 bridgehead atoms. The molecule has 1 saturated heterocycles. The molecule has 1 heterocycles. The molecule has 1 aliphatic heterocycles. The minimum absolute atomic E-state index is 0.00579. The SMILES string of the molecule is CCOC(=O)OC1C(C)C(C)C(C)N1C(=O)Cc1c(C)cccc1C. The van der Waals surface area contributed by atoms with Crippen molar-refractivity contribution in [1.29, 1.82) is 0 Å². The van der Waals surface area contributed by atoms with E-state index in [0.29, 0.717) is 6.42 Å². The molecule has 138 valence electrons. The standard InChI is InChI=1S/C20H29NO4/c1-7-24-20(23)25-19-15(5)14(4)16(6)21(19)18(22)11-17-12(2)9-8-10-13(17)3/h8-10,14-16,19H,7,11H2,1-6H3. The highest BCUT2D eigenvalue weighted by Gasteiger charge is 2.47. The van der Waals surface area contributed by atoms with Crippen molar-refractivity contribution in [2.45, 2.75) is 60.2 Å². The summed E-state index contributed by atoms with van der Waals surface area (Å²) in [6, 6.07) is 6.03. The third kappa shape index (κ3) is 3.97. The molecule has 1 aromatic rings. The number of nitrogens with zero attached hydrogens (tertiary/aromatic N) is 1. The highest BCUT2D eigenvalue weighted by atomic mass is 16.7. The Hall–Kier alpha value is -2.04. The third-order valence-corrected chi connectivity index (χ3v) is 5.49. The number of hydrogen-bond donors (Lipinski definition) is 0. The highest BCUT2D eigenvalue weighted by Crippen LogP contribution is 2.36. The Morgan fingerprint density at radius 1 is 1.08 bits per heavy atom. The molecule has 1 amide bonds. The molecule has 5 heteroatoms. The summed E-state index contributed by atoms with van der Waals surface area (Å²) in [7, 11) is 0. The topological polar surface area (TPSA) is 55.8 Å². The van der Waals surface area contributed by atoms with Crippen LogP contribution in [0.5, 0.6) is 0 Å². The van der Waals surface area contributed by atoms with Gasteiger partial charge in [0.2, 0.25) is 5.91 Å². The van der Waals surface area contributed by atoms with E-state index in [4.69, 9.17) is 9.47 Å². The lowest BCUT2D eigenvalue weighted by Gasteiger charge is -2.29. The summed E-state index contributed by atoms with van der Waals surface area (Å²) in [5, 5.41) is 0. The number of amides is 1. The van der Waals surface area contributed by atoms with Crippen molar-refractivity contribution in [3.63, 3.8) is 0 Å². The van der Waals surface area contributed by atoms with Gasteiger partial charge in [0.15, 0.2) is 6.23 Å². The lowest BCUT2D eigenvalue weighted by molar-refractivity contribution is -0.142. The van der Waals surface area contributed by atoms with Crippen LogP contribution in [0.15, 0.2) is 18.2 Å². The third-order valence-electron chi connectivity index (χ3n) is 5.49. The molecule has 1 fully saturated rings. The van der Waals surface area contributed by atoms with Crippen LogP contribution in [-0.4, -0.2) is 35.8 Å². The Morgan fingerprint density at radius 3 is 2.24 bits per heavy atom. The van der Waals surface area contributed by atoms with Crippen LogP contribution >= 0.6 is 0 Å². The van der Waals surface area contributed by atoms with Crippen LogP contribution in [-0.2, 0) is 20.7 Å². The maximum Gasteiger partial charge on any atom is 0.510 e. The number of rotatable bonds is 4. The number of ether oxygens (including phenoxy) is 2. The Labute approximate surface area is 150 Å². The fourth-order valence-corrected chi connectivity index (χ4v) is 3.59. The van der Waals surface area contributed by atoms with E-state index in [-0.39, 0.29) is 30.4 Å². The molecular weight excluding hydrogens is 318 g/mol. The summed E-state index contributed by atoms with van der Waals surface area (Å²) in [6.45, 7) is 12.1. The molecule has 5 nitrogen and oxygen atoms in total. The van der Waals surface area contributed by atoms with Gasteiger partial charge >= 0.3 is 6.16 Å². The zero-order chi connectivity index (χ0) is 18.7. The zero-order valence-corrected chi connectivity index (χ0v) is 16.0. The molecule has 0 aliphatic carbocycles. The molecule has 2 rings (SSSR count). The molecule has 4 atom stereocenters. The number of aryl methyl sites for hydroxylation is 2. The predicted octanol–water partition coefficient (Wildman–Crippen LogP) is 3.85. The number of carbonyl (C=O) groups excluding carboxylic acids is 2. The van der Waals surface area contributed by atoms with E-state index in [9.17, 15) is 9.59 Å². The average molecular weight is 347 g/mol. The fourth-order valence-electron chi connectivity index (χ4n) is 3.59. The van der Waals surface area contributed by atoms with E-state index >= 15 is 0 Å².